The van der Waals surface area contributed by atoms with Gasteiger partial charge in [-0.2, -0.15) is 0 Å². The van der Waals surface area contributed by atoms with Crippen LogP contribution in [0.15, 0.2) is 134 Å². The van der Waals surface area contributed by atoms with Crippen molar-refractivity contribution in [3.05, 3.63) is 134 Å². The molecular formula is C52H78O6. The highest BCUT2D eigenvalue weighted by Gasteiger charge is 2.19. The summed E-state index contributed by atoms with van der Waals surface area (Å²) in [5, 5.41) is 0. The molecule has 0 radical (unpaired) electrons. The van der Waals surface area contributed by atoms with Crippen LogP contribution in [0.25, 0.3) is 0 Å². The molecule has 1 atom stereocenters. The number of allylic oxidation sites excluding steroid dienone is 22. The van der Waals surface area contributed by atoms with Gasteiger partial charge in [0.2, 0.25) is 0 Å². The predicted octanol–water partition coefficient (Wildman–Crippen LogP) is 14.4. The first-order valence-electron chi connectivity index (χ1n) is 22.3. The zero-order valence-corrected chi connectivity index (χ0v) is 36.5. The number of hydrogen-bond donors (Lipinski definition) is 0. The molecule has 0 aromatic rings. The van der Waals surface area contributed by atoms with Crippen molar-refractivity contribution in [1.29, 1.82) is 0 Å². The largest absolute Gasteiger partial charge is 0.462 e. The fourth-order valence-corrected chi connectivity index (χ4v) is 5.26. The van der Waals surface area contributed by atoms with Crippen LogP contribution in [0.1, 0.15) is 156 Å². The van der Waals surface area contributed by atoms with Gasteiger partial charge in [0.05, 0.1) is 0 Å². The Labute approximate surface area is 354 Å². The van der Waals surface area contributed by atoms with Gasteiger partial charge in [0.1, 0.15) is 13.2 Å². The summed E-state index contributed by atoms with van der Waals surface area (Å²) in [5.41, 5.74) is 0. The van der Waals surface area contributed by atoms with Crippen molar-refractivity contribution in [2.45, 2.75) is 162 Å². The van der Waals surface area contributed by atoms with Crippen molar-refractivity contribution in [3.63, 3.8) is 0 Å². The van der Waals surface area contributed by atoms with Crippen molar-refractivity contribution < 1.29 is 28.6 Å². The van der Waals surface area contributed by atoms with E-state index in [0.717, 1.165) is 70.6 Å². The Kier molecular flexibility index (Phi) is 41.8. The molecule has 0 aliphatic rings. The average Bonchev–Trinajstić information content (AvgIpc) is 3.22. The SMILES string of the molecule is CC\C=C/C=C\C=C/C=C\C=C\C=C/C=C\CCCCCC(=O)OCC(COC(=O)CCC/C=C\CCCCCC)OC(=O)CCCC/C=C\C/C=C\C/C=C\CC. The second kappa shape index (κ2) is 45.3. The maximum atomic E-state index is 12.7. The fourth-order valence-electron chi connectivity index (χ4n) is 5.26. The Morgan fingerprint density at radius 1 is 0.379 bits per heavy atom. The molecule has 0 heterocycles. The minimum absolute atomic E-state index is 0.129. The lowest BCUT2D eigenvalue weighted by Crippen LogP contribution is -2.30. The molecule has 322 valence electrons. The molecule has 6 nitrogen and oxygen atoms in total. The van der Waals surface area contributed by atoms with Gasteiger partial charge in [-0.1, -0.05) is 180 Å². The summed E-state index contributed by atoms with van der Waals surface area (Å²) in [7, 11) is 0. The molecule has 0 saturated carbocycles. The molecule has 0 bridgehead atoms. The molecule has 6 heteroatoms. The number of rotatable bonds is 37. The molecular weight excluding hydrogens is 721 g/mol. The molecule has 0 saturated heterocycles. The Morgan fingerprint density at radius 3 is 1.34 bits per heavy atom. The third kappa shape index (κ3) is 42.7. The van der Waals surface area contributed by atoms with Crippen molar-refractivity contribution in [2.24, 2.45) is 0 Å². The van der Waals surface area contributed by atoms with E-state index in [2.05, 4.69) is 81.5 Å². The van der Waals surface area contributed by atoms with E-state index in [9.17, 15) is 14.4 Å². The second-order valence-corrected chi connectivity index (χ2v) is 14.0. The summed E-state index contributed by atoms with van der Waals surface area (Å²) < 4.78 is 16.6. The number of hydrogen-bond acceptors (Lipinski definition) is 6. The molecule has 0 aliphatic carbocycles. The molecule has 0 spiro atoms. The van der Waals surface area contributed by atoms with Crippen molar-refractivity contribution in [3.8, 4) is 0 Å². The van der Waals surface area contributed by atoms with Crippen LogP contribution in [0, 0.1) is 0 Å². The lowest BCUT2D eigenvalue weighted by Gasteiger charge is -2.18. The Balaban J connectivity index is 4.57. The summed E-state index contributed by atoms with van der Waals surface area (Å²) >= 11 is 0. The third-order valence-electron chi connectivity index (χ3n) is 8.56. The van der Waals surface area contributed by atoms with Crippen LogP contribution in [0.4, 0.5) is 0 Å². The van der Waals surface area contributed by atoms with Gasteiger partial charge in [0.15, 0.2) is 6.10 Å². The van der Waals surface area contributed by atoms with Crippen LogP contribution in [-0.4, -0.2) is 37.2 Å². The number of ether oxygens (including phenoxy) is 3. The van der Waals surface area contributed by atoms with Crippen molar-refractivity contribution >= 4 is 17.9 Å². The van der Waals surface area contributed by atoms with Gasteiger partial charge in [0, 0.05) is 19.3 Å². The second-order valence-electron chi connectivity index (χ2n) is 14.0. The quantitative estimate of drug-likeness (QED) is 0.0205. The van der Waals surface area contributed by atoms with Crippen molar-refractivity contribution in [2.75, 3.05) is 13.2 Å². The molecule has 0 N–H and O–H groups in total. The Morgan fingerprint density at radius 2 is 0.776 bits per heavy atom. The normalized spacial score (nSPS) is 13.4. The first-order valence-corrected chi connectivity index (χ1v) is 22.3. The maximum absolute atomic E-state index is 12.7. The number of esters is 3. The van der Waals surface area contributed by atoms with E-state index in [1.54, 1.807) is 0 Å². The van der Waals surface area contributed by atoms with Crippen molar-refractivity contribution in [1.82, 2.24) is 0 Å². The molecule has 0 rings (SSSR count). The van der Waals surface area contributed by atoms with Gasteiger partial charge in [-0.05, 0) is 89.9 Å². The van der Waals surface area contributed by atoms with E-state index in [1.165, 1.54) is 25.7 Å². The third-order valence-corrected chi connectivity index (χ3v) is 8.56. The van der Waals surface area contributed by atoms with E-state index in [1.807, 2.05) is 72.9 Å². The summed E-state index contributed by atoms with van der Waals surface area (Å²) in [6.45, 7) is 6.19. The van der Waals surface area contributed by atoms with Crippen LogP contribution in [-0.2, 0) is 28.6 Å². The standard InChI is InChI=1S/C52H78O6/c1-4-7-10-13-16-19-21-23-24-25-26-27-28-29-31-33-36-39-42-45-51(54)57-48-49(47-56-50(53)44-41-38-35-32-18-15-12-9-6-3)58-52(55)46-43-40-37-34-30-22-20-17-14-11-8-5-2/h7-8,10-11,13,16-17,19-21,23-32,34-35,49H,4-6,9,12,14-15,18,22,33,36-48H2,1-3H3/b10-7-,11-8-,16-13-,20-17-,21-19-,24-23-,26-25+,28-27-,31-29-,34-30-,35-32-. The van der Waals surface area contributed by atoms with Gasteiger partial charge >= 0.3 is 17.9 Å². The summed E-state index contributed by atoms with van der Waals surface area (Å²) in [6, 6.07) is 0. The zero-order chi connectivity index (χ0) is 42.3. The monoisotopic (exact) mass is 799 g/mol. The van der Waals surface area contributed by atoms with E-state index >= 15 is 0 Å². The molecule has 58 heavy (non-hydrogen) atoms. The number of unbranched alkanes of at least 4 members (excludes halogenated alkanes) is 10. The summed E-state index contributed by atoms with van der Waals surface area (Å²) in [5.74, 6) is -1.07. The maximum Gasteiger partial charge on any atom is 0.306 e. The highest BCUT2D eigenvalue weighted by molar-refractivity contribution is 5.71. The van der Waals surface area contributed by atoms with Gasteiger partial charge in [-0.3, -0.25) is 14.4 Å². The van der Waals surface area contributed by atoms with Crippen LogP contribution < -0.4 is 0 Å². The number of carbonyl (C=O) groups is 3. The van der Waals surface area contributed by atoms with Gasteiger partial charge < -0.3 is 14.2 Å². The topological polar surface area (TPSA) is 78.9 Å². The number of carbonyl (C=O) groups excluding carboxylic acids is 3. The molecule has 0 amide bonds. The lowest BCUT2D eigenvalue weighted by molar-refractivity contribution is -0.167. The van der Waals surface area contributed by atoms with Gasteiger partial charge in [-0.15, -0.1) is 0 Å². The minimum Gasteiger partial charge on any atom is -0.462 e. The minimum atomic E-state index is -0.830. The zero-order valence-electron chi connectivity index (χ0n) is 36.5. The first kappa shape index (κ1) is 53.6. The van der Waals surface area contributed by atoms with Crippen LogP contribution in [0.2, 0.25) is 0 Å². The van der Waals surface area contributed by atoms with E-state index in [4.69, 9.17) is 14.2 Å². The van der Waals surface area contributed by atoms with E-state index < -0.39 is 6.10 Å². The summed E-state index contributed by atoms with van der Waals surface area (Å²) in [4.78, 5) is 37.6. The van der Waals surface area contributed by atoms with E-state index in [-0.39, 0.29) is 50.4 Å². The molecule has 1 unspecified atom stereocenters. The smallest absolute Gasteiger partial charge is 0.306 e. The van der Waals surface area contributed by atoms with Crippen LogP contribution in [0.3, 0.4) is 0 Å². The van der Waals surface area contributed by atoms with Gasteiger partial charge in [0.25, 0.3) is 0 Å². The molecule has 0 fully saturated rings. The Bertz CT molecular complexity index is 1330. The van der Waals surface area contributed by atoms with Crippen LogP contribution >= 0.6 is 0 Å². The fraction of sp³-hybridized carbons (Fsp3) is 0.519. The van der Waals surface area contributed by atoms with Gasteiger partial charge in [-0.25, -0.2) is 0 Å². The Hall–Kier alpha value is -4.45. The molecule has 0 aromatic heterocycles. The predicted molar refractivity (Wildman–Crippen MR) is 246 cm³/mol. The lowest BCUT2D eigenvalue weighted by atomic mass is 10.1. The van der Waals surface area contributed by atoms with E-state index in [0.29, 0.717) is 19.3 Å². The highest BCUT2D eigenvalue weighted by Crippen LogP contribution is 2.10. The molecule has 0 aliphatic heterocycles. The highest BCUT2D eigenvalue weighted by atomic mass is 16.6. The average molecular weight is 799 g/mol. The molecule has 0 aromatic carbocycles. The van der Waals surface area contributed by atoms with Crippen LogP contribution in [0.5, 0.6) is 0 Å². The summed E-state index contributed by atoms with van der Waals surface area (Å²) in [6.07, 6.45) is 63.0. The first-order chi connectivity index (χ1) is 28.5.